The van der Waals surface area contributed by atoms with E-state index in [4.69, 9.17) is 4.74 Å². The van der Waals surface area contributed by atoms with Crippen LogP contribution in [0.25, 0.3) is 0 Å². The van der Waals surface area contributed by atoms with Crippen molar-refractivity contribution in [2.24, 2.45) is 10.2 Å². The Bertz CT molecular complexity index is 583. The lowest BCUT2D eigenvalue weighted by atomic mass is 10.2. The number of hydrogen-bond donors (Lipinski definition) is 1. The van der Waals surface area contributed by atoms with E-state index in [2.05, 4.69) is 26.2 Å². The van der Waals surface area contributed by atoms with E-state index in [1.807, 2.05) is 0 Å². The average Bonchev–Trinajstić information content (AvgIpc) is 2.47. The Hall–Kier alpha value is -1.90. The third-order valence-corrected chi connectivity index (χ3v) is 2.86. The number of nitrogens with zero attached hydrogens (tertiary/aromatic N) is 2. The van der Waals surface area contributed by atoms with E-state index >= 15 is 0 Å². The molecular formula is C13H12BrF3N2O3. The number of alkyl halides is 4. The Morgan fingerprint density at radius 2 is 1.91 bits per heavy atom. The van der Waals surface area contributed by atoms with Crippen molar-refractivity contribution >= 4 is 27.6 Å². The molecule has 1 N–H and O–H groups in total. The summed E-state index contributed by atoms with van der Waals surface area (Å²) >= 11 is 2.95. The third kappa shape index (κ3) is 5.14. The number of azo groups is 1. The molecule has 0 radical (unpaired) electrons. The van der Waals surface area contributed by atoms with Crippen molar-refractivity contribution in [1.29, 1.82) is 0 Å². The minimum absolute atomic E-state index is 0.0484. The second-order valence-corrected chi connectivity index (χ2v) is 4.45. The molecule has 22 heavy (non-hydrogen) atoms. The van der Waals surface area contributed by atoms with E-state index in [1.165, 1.54) is 0 Å². The van der Waals surface area contributed by atoms with Crippen molar-refractivity contribution in [3.05, 3.63) is 41.3 Å². The van der Waals surface area contributed by atoms with Crippen LogP contribution in [-0.4, -0.2) is 23.0 Å². The number of benzene rings is 1. The SMILES string of the molecule is CCOC(=O)/C(N=Nc1ccc(C(F)(F)F)cc1)=C(/O)CBr. The summed E-state index contributed by atoms with van der Waals surface area (Å²) in [6.45, 7) is 1.65. The summed E-state index contributed by atoms with van der Waals surface area (Å²) in [5.41, 5.74) is -1.15. The zero-order valence-corrected chi connectivity index (χ0v) is 13.0. The number of hydrogen-bond acceptors (Lipinski definition) is 5. The first-order valence-electron chi connectivity index (χ1n) is 6.03. The maximum Gasteiger partial charge on any atom is 0.416 e. The van der Waals surface area contributed by atoms with Crippen molar-refractivity contribution in [3.63, 3.8) is 0 Å². The maximum atomic E-state index is 12.4. The number of aliphatic hydroxyl groups is 1. The van der Waals surface area contributed by atoms with E-state index in [9.17, 15) is 23.1 Å². The van der Waals surface area contributed by atoms with Crippen LogP contribution in [0, 0.1) is 0 Å². The molecule has 0 aliphatic heterocycles. The highest BCUT2D eigenvalue weighted by atomic mass is 79.9. The standard InChI is InChI=1S/C13H12BrF3N2O3/c1-2-22-12(21)11(10(20)7-14)19-18-9-5-3-8(4-6-9)13(15,16)17/h3-6,20H,2,7H2,1H3/b11-10-,19-18?. The maximum absolute atomic E-state index is 12.4. The molecule has 0 aromatic heterocycles. The molecule has 0 saturated heterocycles. The van der Waals surface area contributed by atoms with Gasteiger partial charge < -0.3 is 9.84 Å². The first kappa shape index (κ1) is 18.1. The molecule has 0 saturated carbocycles. The fourth-order valence-corrected chi connectivity index (χ4v) is 1.57. The molecule has 1 rings (SSSR count). The van der Waals surface area contributed by atoms with Gasteiger partial charge >= 0.3 is 12.1 Å². The zero-order chi connectivity index (χ0) is 16.8. The van der Waals surface area contributed by atoms with E-state index < -0.39 is 29.2 Å². The van der Waals surface area contributed by atoms with Crippen LogP contribution in [0.1, 0.15) is 12.5 Å². The Balaban J connectivity index is 2.99. The monoisotopic (exact) mass is 380 g/mol. The lowest BCUT2D eigenvalue weighted by Crippen LogP contribution is -2.09. The van der Waals surface area contributed by atoms with Gasteiger partial charge in [0.25, 0.3) is 0 Å². The Morgan fingerprint density at radius 3 is 2.36 bits per heavy atom. The summed E-state index contributed by atoms with van der Waals surface area (Å²) in [5, 5.41) is 16.7. The predicted octanol–water partition coefficient (Wildman–Crippen LogP) is 4.52. The van der Waals surface area contributed by atoms with Crippen molar-refractivity contribution < 1.29 is 27.8 Å². The van der Waals surface area contributed by atoms with Gasteiger partial charge in [-0.05, 0) is 31.2 Å². The number of rotatable bonds is 5. The number of ether oxygens (including phenoxy) is 1. The smallest absolute Gasteiger partial charge is 0.416 e. The molecule has 1 aromatic rings. The van der Waals surface area contributed by atoms with Crippen LogP contribution < -0.4 is 0 Å². The quantitative estimate of drug-likeness (QED) is 0.268. The van der Waals surface area contributed by atoms with Crippen molar-refractivity contribution in [1.82, 2.24) is 0 Å². The van der Waals surface area contributed by atoms with Gasteiger partial charge in [0.1, 0.15) is 5.76 Å². The van der Waals surface area contributed by atoms with Crippen LogP contribution in [0.2, 0.25) is 0 Å². The molecule has 0 aliphatic rings. The van der Waals surface area contributed by atoms with Gasteiger partial charge in [0.05, 0.1) is 23.2 Å². The van der Waals surface area contributed by atoms with Crippen molar-refractivity contribution in [2.45, 2.75) is 13.1 Å². The largest absolute Gasteiger partial charge is 0.509 e. The number of carbonyl (C=O) groups is 1. The zero-order valence-electron chi connectivity index (χ0n) is 11.4. The molecule has 0 spiro atoms. The number of carbonyl (C=O) groups excluding carboxylic acids is 1. The summed E-state index contributed by atoms with van der Waals surface area (Å²) in [6, 6.07) is 3.87. The molecule has 0 atom stereocenters. The number of esters is 1. The highest BCUT2D eigenvalue weighted by Gasteiger charge is 2.29. The lowest BCUT2D eigenvalue weighted by molar-refractivity contribution is -0.139. The van der Waals surface area contributed by atoms with Crippen molar-refractivity contribution in [2.75, 3.05) is 11.9 Å². The molecule has 0 amide bonds. The Kier molecular flexibility index (Phi) is 6.54. The summed E-state index contributed by atoms with van der Waals surface area (Å²) in [6.07, 6.45) is -4.44. The summed E-state index contributed by atoms with van der Waals surface area (Å²) in [4.78, 5) is 11.6. The van der Waals surface area contributed by atoms with Gasteiger partial charge in [-0.25, -0.2) is 4.79 Å². The van der Waals surface area contributed by atoms with Gasteiger partial charge in [0.2, 0.25) is 5.70 Å². The number of allylic oxidation sites excluding steroid dienone is 1. The van der Waals surface area contributed by atoms with Crippen LogP contribution in [0.3, 0.4) is 0 Å². The Morgan fingerprint density at radius 1 is 1.32 bits per heavy atom. The third-order valence-electron chi connectivity index (χ3n) is 2.33. The number of halogens is 4. The highest BCUT2D eigenvalue weighted by molar-refractivity contribution is 9.09. The van der Waals surface area contributed by atoms with Gasteiger partial charge in [-0.1, -0.05) is 15.9 Å². The molecule has 0 bridgehead atoms. The first-order chi connectivity index (χ1) is 10.3. The minimum atomic E-state index is -4.44. The van der Waals surface area contributed by atoms with Crippen molar-refractivity contribution in [3.8, 4) is 0 Å². The van der Waals surface area contributed by atoms with E-state index in [0.717, 1.165) is 24.3 Å². The molecule has 1 aromatic carbocycles. The Labute approximate surface area is 132 Å². The molecule has 0 unspecified atom stereocenters. The van der Waals surface area contributed by atoms with E-state index in [1.54, 1.807) is 6.92 Å². The fraction of sp³-hybridized carbons (Fsp3) is 0.308. The van der Waals surface area contributed by atoms with E-state index in [0.29, 0.717) is 0 Å². The summed E-state index contributed by atoms with van der Waals surface area (Å²) in [5.74, 6) is -1.27. The average molecular weight is 381 g/mol. The molecule has 5 nitrogen and oxygen atoms in total. The molecule has 9 heteroatoms. The first-order valence-corrected chi connectivity index (χ1v) is 7.16. The second-order valence-electron chi connectivity index (χ2n) is 3.89. The second kappa shape index (κ2) is 7.92. The minimum Gasteiger partial charge on any atom is -0.509 e. The molecule has 0 fully saturated rings. The van der Waals surface area contributed by atoms with E-state index in [-0.39, 0.29) is 17.6 Å². The summed E-state index contributed by atoms with van der Waals surface area (Å²) in [7, 11) is 0. The van der Waals surface area contributed by atoms with Crippen LogP contribution in [0.4, 0.5) is 18.9 Å². The molecule has 0 heterocycles. The molecular weight excluding hydrogens is 369 g/mol. The van der Waals surface area contributed by atoms with Crippen LogP contribution in [-0.2, 0) is 15.7 Å². The topological polar surface area (TPSA) is 71.2 Å². The van der Waals surface area contributed by atoms with Crippen LogP contribution in [0.5, 0.6) is 0 Å². The highest BCUT2D eigenvalue weighted by Crippen LogP contribution is 2.30. The van der Waals surface area contributed by atoms with Gasteiger partial charge in [-0.3, -0.25) is 0 Å². The fourth-order valence-electron chi connectivity index (χ4n) is 1.30. The lowest BCUT2D eigenvalue weighted by Gasteiger charge is -2.06. The van der Waals surface area contributed by atoms with Gasteiger partial charge in [-0.2, -0.15) is 18.3 Å². The summed E-state index contributed by atoms with van der Waals surface area (Å²) < 4.78 is 41.9. The molecule has 0 aliphatic carbocycles. The molecule has 120 valence electrons. The van der Waals surface area contributed by atoms with Crippen LogP contribution in [0.15, 0.2) is 46.0 Å². The van der Waals surface area contributed by atoms with Crippen LogP contribution >= 0.6 is 15.9 Å². The number of aliphatic hydroxyl groups excluding tert-OH is 1. The van der Waals surface area contributed by atoms with Gasteiger partial charge in [0.15, 0.2) is 0 Å². The predicted molar refractivity (Wildman–Crippen MR) is 76.0 cm³/mol. The van der Waals surface area contributed by atoms with Gasteiger partial charge in [-0.15, -0.1) is 5.11 Å². The van der Waals surface area contributed by atoms with Gasteiger partial charge in [0, 0.05) is 0 Å². The normalized spacial score (nSPS) is 13.1.